The summed E-state index contributed by atoms with van der Waals surface area (Å²) in [7, 11) is 0. The first-order valence-electron chi connectivity index (χ1n) is 8.22. The molecule has 0 saturated carbocycles. The molecule has 120 valence electrons. The molecule has 3 rings (SSSR count). The fourth-order valence-electron chi connectivity index (χ4n) is 2.85. The van der Waals surface area contributed by atoms with Gasteiger partial charge in [0.1, 0.15) is 5.69 Å². The zero-order valence-electron chi connectivity index (χ0n) is 14.0. The maximum absolute atomic E-state index is 4.70. The number of rotatable bonds is 6. The van der Waals surface area contributed by atoms with Crippen LogP contribution in [0.2, 0.25) is 0 Å². The zero-order valence-corrected chi connectivity index (χ0v) is 14.0. The SMILES string of the molecule is CCC(CC)n1ccc(Cn2nnc(-c3ccccc3)c2C)n1. The van der Waals surface area contributed by atoms with Gasteiger partial charge in [-0.2, -0.15) is 5.10 Å². The average Bonchev–Trinajstić information content (AvgIpc) is 3.18. The molecule has 0 spiro atoms. The topological polar surface area (TPSA) is 48.5 Å². The van der Waals surface area contributed by atoms with Crippen molar-refractivity contribution in [3.05, 3.63) is 54.0 Å². The Bertz CT molecular complexity index is 753. The van der Waals surface area contributed by atoms with Gasteiger partial charge in [-0.05, 0) is 25.8 Å². The third-order valence-electron chi connectivity index (χ3n) is 4.32. The fraction of sp³-hybridized carbons (Fsp3) is 0.389. The minimum absolute atomic E-state index is 0.473. The smallest absolute Gasteiger partial charge is 0.115 e. The van der Waals surface area contributed by atoms with E-state index in [0.717, 1.165) is 35.5 Å². The zero-order chi connectivity index (χ0) is 16.2. The minimum atomic E-state index is 0.473. The summed E-state index contributed by atoms with van der Waals surface area (Å²) in [5.41, 5.74) is 4.11. The van der Waals surface area contributed by atoms with Crippen LogP contribution in [0.15, 0.2) is 42.6 Å². The Morgan fingerprint density at radius 2 is 1.78 bits per heavy atom. The molecular formula is C18H23N5. The second-order valence-electron chi connectivity index (χ2n) is 5.80. The van der Waals surface area contributed by atoms with Crippen molar-refractivity contribution in [2.45, 2.75) is 46.2 Å². The van der Waals surface area contributed by atoms with E-state index >= 15 is 0 Å². The quantitative estimate of drug-likeness (QED) is 0.694. The summed E-state index contributed by atoms with van der Waals surface area (Å²) < 4.78 is 3.99. The Morgan fingerprint density at radius 1 is 1.04 bits per heavy atom. The molecule has 0 aliphatic heterocycles. The molecule has 23 heavy (non-hydrogen) atoms. The van der Waals surface area contributed by atoms with Gasteiger partial charge in [0.15, 0.2) is 0 Å². The van der Waals surface area contributed by atoms with Crippen LogP contribution in [0.5, 0.6) is 0 Å². The normalized spacial score (nSPS) is 11.3. The first-order valence-corrected chi connectivity index (χ1v) is 8.22. The summed E-state index contributed by atoms with van der Waals surface area (Å²) in [5, 5.41) is 13.3. The molecule has 0 saturated heterocycles. The predicted octanol–water partition coefficient (Wildman–Crippen LogP) is 3.86. The van der Waals surface area contributed by atoms with Crippen LogP contribution in [-0.4, -0.2) is 24.8 Å². The monoisotopic (exact) mass is 309 g/mol. The van der Waals surface area contributed by atoms with Crippen LogP contribution < -0.4 is 0 Å². The van der Waals surface area contributed by atoms with Gasteiger partial charge in [-0.3, -0.25) is 4.68 Å². The minimum Gasteiger partial charge on any atom is -0.269 e. The Hall–Kier alpha value is -2.43. The molecule has 0 unspecified atom stereocenters. The second kappa shape index (κ2) is 6.77. The van der Waals surface area contributed by atoms with E-state index in [1.54, 1.807) is 0 Å². The number of hydrogen-bond acceptors (Lipinski definition) is 3. The van der Waals surface area contributed by atoms with E-state index in [-0.39, 0.29) is 0 Å². The summed E-state index contributed by atoms with van der Waals surface area (Å²) in [6.07, 6.45) is 4.26. The van der Waals surface area contributed by atoms with Gasteiger partial charge in [-0.25, -0.2) is 4.68 Å². The van der Waals surface area contributed by atoms with Crippen LogP contribution in [0.1, 0.15) is 44.1 Å². The first-order chi connectivity index (χ1) is 11.2. The van der Waals surface area contributed by atoms with Gasteiger partial charge in [-0.1, -0.05) is 49.4 Å². The number of nitrogens with zero attached hydrogens (tertiary/aromatic N) is 5. The highest BCUT2D eigenvalue weighted by atomic mass is 15.4. The van der Waals surface area contributed by atoms with Gasteiger partial charge in [0, 0.05) is 11.8 Å². The van der Waals surface area contributed by atoms with Crippen molar-refractivity contribution in [1.29, 1.82) is 0 Å². The maximum Gasteiger partial charge on any atom is 0.115 e. The Kier molecular flexibility index (Phi) is 4.55. The largest absolute Gasteiger partial charge is 0.269 e. The van der Waals surface area contributed by atoms with Gasteiger partial charge < -0.3 is 0 Å². The molecule has 3 aromatic rings. The molecule has 1 aromatic carbocycles. The summed E-state index contributed by atoms with van der Waals surface area (Å²) in [6, 6.07) is 12.7. The molecule has 2 heterocycles. The van der Waals surface area contributed by atoms with E-state index in [1.807, 2.05) is 22.9 Å². The van der Waals surface area contributed by atoms with Crippen molar-refractivity contribution in [3.63, 3.8) is 0 Å². The van der Waals surface area contributed by atoms with E-state index in [4.69, 9.17) is 5.10 Å². The molecule has 2 aromatic heterocycles. The van der Waals surface area contributed by atoms with Crippen molar-refractivity contribution < 1.29 is 0 Å². The van der Waals surface area contributed by atoms with Crippen LogP contribution in [0.3, 0.4) is 0 Å². The third kappa shape index (κ3) is 3.18. The van der Waals surface area contributed by atoms with Gasteiger partial charge >= 0.3 is 0 Å². The van der Waals surface area contributed by atoms with Crippen LogP contribution in [-0.2, 0) is 6.54 Å². The molecule has 0 atom stereocenters. The molecule has 5 nitrogen and oxygen atoms in total. The summed E-state index contributed by atoms with van der Waals surface area (Å²) >= 11 is 0. The number of benzene rings is 1. The predicted molar refractivity (Wildman–Crippen MR) is 91.1 cm³/mol. The van der Waals surface area contributed by atoms with Crippen molar-refractivity contribution in [2.24, 2.45) is 0 Å². The van der Waals surface area contributed by atoms with E-state index in [2.05, 4.69) is 60.2 Å². The molecule has 0 amide bonds. The lowest BCUT2D eigenvalue weighted by molar-refractivity contribution is 0.423. The number of hydrogen-bond donors (Lipinski definition) is 0. The molecule has 5 heteroatoms. The summed E-state index contributed by atoms with van der Waals surface area (Å²) in [5.74, 6) is 0. The maximum atomic E-state index is 4.70. The summed E-state index contributed by atoms with van der Waals surface area (Å²) in [4.78, 5) is 0. The van der Waals surface area contributed by atoms with Crippen LogP contribution >= 0.6 is 0 Å². The third-order valence-corrected chi connectivity index (χ3v) is 4.32. The number of aromatic nitrogens is 5. The van der Waals surface area contributed by atoms with Gasteiger partial charge in [0.25, 0.3) is 0 Å². The van der Waals surface area contributed by atoms with Gasteiger partial charge in [-0.15, -0.1) is 5.10 Å². The Labute approximate surface area is 137 Å². The first kappa shape index (κ1) is 15.5. The molecule has 0 bridgehead atoms. The Morgan fingerprint density at radius 3 is 2.48 bits per heavy atom. The standard InChI is InChI=1S/C18H23N5/c1-4-17(5-2)22-12-11-16(20-22)13-23-14(3)18(19-21-23)15-9-7-6-8-10-15/h6-12,17H,4-5,13H2,1-3H3. The van der Waals surface area contributed by atoms with Gasteiger partial charge in [0.05, 0.1) is 24.0 Å². The van der Waals surface area contributed by atoms with Crippen LogP contribution in [0, 0.1) is 6.92 Å². The lowest BCUT2D eigenvalue weighted by atomic mass is 10.1. The lowest BCUT2D eigenvalue weighted by Gasteiger charge is -2.12. The van der Waals surface area contributed by atoms with Gasteiger partial charge in [0.2, 0.25) is 0 Å². The van der Waals surface area contributed by atoms with Crippen molar-refractivity contribution in [1.82, 2.24) is 24.8 Å². The van der Waals surface area contributed by atoms with E-state index in [0.29, 0.717) is 12.6 Å². The highest BCUT2D eigenvalue weighted by molar-refractivity contribution is 5.60. The van der Waals surface area contributed by atoms with Crippen LogP contribution in [0.25, 0.3) is 11.3 Å². The van der Waals surface area contributed by atoms with Crippen molar-refractivity contribution in [2.75, 3.05) is 0 Å². The van der Waals surface area contributed by atoms with E-state index in [1.165, 1.54) is 0 Å². The second-order valence-corrected chi connectivity index (χ2v) is 5.80. The highest BCUT2D eigenvalue weighted by Crippen LogP contribution is 2.20. The van der Waals surface area contributed by atoms with Crippen LogP contribution in [0.4, 0.5) is 0 Å². The Balaban J connectivity index is 1.81. The molecular weight excluding hydrogens is 286 g/mol. The fourth-order valence-corrected chi connectivity index (χ4v) is 2.85. The highest BCUT2D eigenvalue weighted by Gasteiger charge is 2.13. The molecule has 0 radical (unpaired) electrons. The average molecular weight is 309 g/mol. The summed E-state index contributed by atoms with van der Waals surface area (Å²) in [6.45, 7) is 7.10. The van der Waals surface area contributed by atoms with Crippen molar-refractivity contribution >= 4 is 0 Å². The van der Waals surface area contributed by atoms with Crippen molar-refractivity contribution in [3.8, 4) is 11.3 Å². The molecule has 0 aliphatic rings. The molecule has 0 aliphatic carbocycles. The van der Waals surface area contributed by atoms with E-state index < -0.39 is 0 Å². The lowest BCUT2D eigenvalue weighted by Crippen LogP contribution is -2.10. The molecule has 0 fully saturated rings. The van der Waals surface area contributed by atoms with E-state index in [9.17, 15) is 0 Å². The molecule has 0 N–H and O–H groups in total.